The highest BCUT2D eigenvalue weighted by Gasteiger charge is 2.43. The molecule has 0 N–H and O–H groups in total. The molecule has 4 heteroatoms. The molecule has 1 aliphatic carbocycles. The first-order chi connectivity index (χ1) is 7.93. The molecule has 2 atom stereocenters. The zero-order valence-corrected chi connectivity index (χ0v) is 10.9. The third kappa shape index (κ3) is 2.94. The number of methoxy groups -OCH3 is 2. The molecular formula is C13H20O4. The number of ether oxygens (including phenoxy) is 2. The van der Waals surface area contributed by atoms with Gasteiger partial charge in [-0.1, -0.05) is 6.08 Å². The van der Waals surface area contributed by atoms with E-state index in [0.29, 0.717) is 13.0 Å². The van der Waals surface area contributed by atoms with E-state index in [0.717, 1.165) is 0 Å². The smallest absolute Gasteiger partial charge is 0.311 e. The monoisotopic (exact) mass is 240 g/mol. The summed E-state index contributed by atoms with van der Waals surface area (Å²) in [6, 6.07) is 0. The first-order valence-electron chi connectivity index (χ1n) is 5.71. The van der Waals surface area contributed by atoms with Gasteiger partial charge < -0.3 is 9.47 Å². The lowest BCUT2D eigenvalue weighted by Crippen LogP contribution is -2.41. The normalized spacial score (nSPS) is 24.8. The molecule has 1 aliphatic rings. The molecule has 0 amide bonds. The molecule has 17 heavy (non-hydrogen) atoms. The molecule has 0 saturated heterocycles. The van der Waals surface area contributed by atoms with E-state index < -0.39 is 5.41 Å². The molecule has 0 unspecified atom stereocenters. The maximum Gasteiger partial charge on any atom is 0.311 e. The van der Waals surface area contributed by atoms with E-state index in [1.807, 2.05) is 19.9 Å². The van der Waals surface area contributed by atoms with E-state index >= 15 is 0 Å². The summed E-state index contributed by atoms with van der Waals surface area (Å²) >= 11 is 0. The van der Waals surface area contributed by atoms with Crippen molar-refractivity contribution in [3.05, 3.63) is 12.2 Å². The molecule has 1 rings (SSSR count). The summed E-state index contributed by atoms with van der Waals surface area (Å²) in [6.45, 7) is 4.14. The molecule has 0 aromatic rings. The van der Waals surface area contributed by atoms with Crippen LogP contribution in [0.25, 0.3) is 0 Å². The Morgan fingerprint density at radius 1 is 1.47 bits per heavy atom. The average molecular weight is 240 g/mol. The molecule has 4 nitrogen and oxygen atoms in total. The fourth-order valence-corrected chi connectivity index (χ4v) is 2.37. The van der Waals surface area contributed by atoms with Crippen LogP contribution in [0.15, 0.2) is 12.2 Å². The van der Waals surface area contributed by atoms with E-state index in [9.17, 15) is 9.59 Å². The SMILES string of the molecule is COC[C@H]1C=CC(=O)C[C@H]1C(C)(C)C(=O)OC. The topological polar surface area (TPSA) is 52.6 Å². The van der Waals surface area contributed by atoms with Crippen molar-refractivity contribution >= 4 is 11.8 Å². The first-order valence-corrected chi connectivity index (χ1v) is 5.71. The minimum atomic E-state index is -0.682. The molecule has 0 aliphatic heterocycles. The number of ketones is 1. The largest absolute Gasteiger partial charge is 0.469 e. The number of hydrogen-bond acceptors (Lipinski definition) is 4. The Bertz CT molecular complexity index is 330. The number of esters is 1. The molecular weight excluding hydrogens is 220 g/mol. The lowest BCUT2D eigenvalue weighted by atomic mass is 9.67. The molecule has 0 spiro atoms. The van der Waals surface area contributed by atoms with E-state index in [2.05, 4.69) is 0 Å². The van der Waals surface area contributed by atoms with Crippen LogP contribution >= 0.6 is 0 Å². The molecule has 0 aromatic heterocycles. The van der Waals surface area contributed by atoms with Crippen LogP contribution in [0, 0.1) is 17.3 Å². The molecule has 0 saturated carbocycles. The van der Waals surface area contributed by atoms with Crippen LogP contribution in [0.4, 0.5) is 0 Å². The van der Waals surface area contributed by atoms with Gasteiger partial charge in [0.15, 0.2) is 5.78 Å². The van der Waals surface area contributed by atoms with Gasteiger partial charge >= 0.3 is 5.97 Å². The van der Waals surface area contributed by atoms with Crippen molar-refractivity contribution in [3.8, 4) is 0 Å². The molecule has 96 valence electrons. The van der Waals surface area contributed by atoms with Crippen molar-refractivity contribution in [3.63, 3.8) is 0 Å². The second kappa shape index (κ2) is 5.45. The highest BCUT2D eigenvalue weighted by molar-refractivity contribution is 5.91. The second-order valence-corrected chi connectivity index (χ2v) is 4.97. The van der Waals surface area contributed by atoms with E-state index in [4.69, 9.17) is 9.47 Å². The number of carbonyl (C=O) groups is 2. The van der Waals surface area contributed by atoms with Gasteiger partial charge in [-0.2, -0.15) is 0 Å². The van der Waals surface area contributed by atoms with Gasteiger partial charge in [-0.05, 0) is 25.8 Å². The summed E-state index contributed by atoms with van der Waals surface area (Å²) in [6.07, 6.45) is 3.78. The lowest BCUT2D eigenvalue weighted by molar-refractivity contribution is -0.156. The Hall–Kier alpha value is -1.16. The van der Waals surface area contributed by atoms with Crippen molar-refractivity contribution < 1.29 is 19.1 Å². The van der Waals surface area contributed by atoms with E-state index in [1.54, 1.807) is 13.2 Å². The summed E-state index contributed by atoms with van der Waals surface area (Å²) in [5.41, 5.74) is -0.682. The molecule has 0 fully saturated rings. The number of rotatable bonds is 4. The van der Waals surface area contributed by atoms with E-state index in [1.165, 1.54) is 7.11 Å². The predicted molar refractivity (Wildman–Crippen MR) is 63.4 cm³/mol. The quantitative estimate of drug-likeness (QED) is 0.700. The molecule has 0 bridgehead atoms. The highest BCUT2D eigenvalue weighted by atomic mass is 16.5. The molecule has 0 radical (unpaired) electrons. The van der Waals surface area contributed by atoms with Gasteiger partial charge in [0.1, 0.15) is 0 Å². The van der Waals surface area contributed by atoms with Gasteiger partial charge in [0.05, 0.1) is 19.1 Å². The fraction of sp³-hybridized carbons (Fsp3) is 0.692. The summed E-state index contributed by atoms with van der Waals surface area (Å²) in [5.74, 6) is -0.231. The molecule has 0 heterocycles. The van der Waals surface area contributed by atoms with E-state index in [-0.39, 0.29) is 23.6 Å². The number of hydrogen-bond donors (Lipinski definition) is 0. The van der Waals surface area contributed by atoms with Gasteiger partial charge in [0.25, 0.3) is 0 Å². The van der Waals surface area contributed by atoms with Crippen LogP contribution in [0.1, 0.15) is 20.3 Å². The molecule has 0 aromatic carbocycles. The third-order valence-corrected chi connectivity index (χ3v) is 3.46. The fourth-order valence-electron chi connectivity index (χ4n) is 2.37. The van der Waals surface area contributed by atoms with Crippen molar-refractivity contribution in [1.82, 2.24) is 0 Å². The minimum Gasteiger partial charge on any atom is -0.469 e. The van der Waals surface area contributed by atoms with Crippen LogP contribution in [0.5, 0.6) is 0 Å². The van der Waals surface area contributed by atoms with Crippen LogP contribution in [0.3, 0.4) is 0 Å². The van der Waals surface area contributed by atoms with Crippen molar-refractivity contribution in [2.75, 3.05) is 20.8 Å². The third-order valence-electron chi connectivity index (χ3n) is 3.46. The average Bonchev–Trinajstić information content (AvgIpc) is 2.30. The predicted octanol–water partition coefficient (Wildman–Crippen LogP) is 1.59. The zero-order chi connectivity index (χ0) is 13.1. The highest BCUT2D eigenvalue weighted by Crippen LogP contribution is 2.39. The number of allylic oxidation sites excluding steroid dienone is 1. The maximum atomic E-state index is 11.8. The summed E-state index contributed by atoms with van der Waals surface area (Å²) < 4.78 is 9.96. The van der Waals surface area contributed by atoms with Crippen LogP contribution in [-0.4, -0.2) is 32.6 Å². The lowest BCUT2D eigenvalue weighted by Gasteiger charge is -2.37. The Balaban J connectivity index is 2.95. The van der Waals surface area contributed by atoms with Crippen molar-refractivity contribution in [2.45, 2.75) is 20.3 Å². The summed E-state index contributed by atoms with van der Waals surface area (Å²) in [5, 5.41) is 0. The van der Waals surface area contributed by atoms with Gasteiger partial charge in [-0.15, -0.1) is 0 Å². The first kappa shape index (κ1) is 13.9. The summed E-state index contributed by atoms with van der Waals surface area (Å²) in [7, 11) is 2.99. The van der Waals surface area contributed by atoms with Crippen LogP contribution in [-0.2, 0) is 19.1 Å². The van der Waals surface area contributed by atoms with Gasteiger partial charge in [-0.3, -0.25) is 9.59 Å². The number of carbonyl (C=O) groups excluding carboxylic acids is 2. The second-order valence-electron chi connectivity index (χ2n) is 4.97. The Labute approximate surface area is 102 Å². The Morgan fingerprint density at radius 3 is 2.65 bits per heavy atom. The van der Waals surface area contributed by atoms with Gasteiger partial charge in [0, 0.05) is 19.4 Å². The zero-order valence-electron chi connectivity index (χ0n) is 10.9. The minimum absolute atomic E-state index is 0.0549. The van der Waals surface area contributed by atoms with Crippen molar-refractivity contribution in [1.29, 1.82) is 0 Å². The van der Waals surface area contributed by atoms with Crippen molar-refractivity contribution in [2.24, 2.45) is 17.3 Å². The summed E-state index contributed by atoms with van der Waals surface area (Å²) in [4.78, 5) is 23.3. The van der Waals surface area contributed by atoms with Gasteiger partial charge in [-0.25, -0.2) is 0 Å². The Morgan fingerprint density at radius 2 is 2.12 bits per heavy atom. The van der Waals surface area contributed by atoms with Crippen LogP contribution < -0.4 is 0 Å². The Kier molecular flexibility index (Phi) is 4.46. The van der Waals surface area contributed by atoms with Gasteiger partial charge in [0.2, 0.25) is 0 Å². The standard InChI is InChI=1S/C13H20O4/c1-13(2,12(15)17-4)11-7-10(14)6-5-9(11)8-16-3/h5-6,9,11H,7-8H2,1-4H3/t9-,11-/m1/s1. The van der Waals surface area contributed by atoms with Crippen LogP contribution in [0.2, 0.25) is 0 Å². The maximum absolute atomic E-state index is 11.8.